The average molecular weight is 1530 g/mol. The molecule has 0 amide bonds. The number of carbonyl (C=O) groups excluding carboxylic acids is 4. The molecule has 0 radical (unpaired) electrons. The Bertz CT molecular complexity index is 2480. The molecule has 0 aromatic carbocycles. The van der Waals surface area contributed by atoms with Gasteiger partial charge in [-0.25, -0.2) is 9.13 Å². The van der Waals surface area contributed by atoms with E-state index in [0.29, 0.717) is 32.1 Å². The molecule has 0 aliphatic carbocycles. The van der Waals surface area contributed by atoms with Crippen LogP contribution in [-0.4, -0.2) is 96.7 Å². The number of carbonyl (C=O) groups is 4. The second-order valence-electron chi connectivity index (χ2n) is 27.7. The lowest BCUT2D eigenvalue weighted by atomic mass is 10.0. The Morgan fingerprint density at radius 2 is 0.491 bits per heavy atom. The summed E-state index contributed by atoms with van der Waals surface area (Å²) in [4.78, 5) is 73.2. The molecule has 0 saturated carbocycles. The standard InChI is InChI=1S/C87H150O17P2/c1-5-9-13-17-21-25-29-33-37-39-40-42-46-48-52-56-60-64-68-72-85(90)98-78-83(104-87(92)74-70-66-62-58-54-50-44-36-32-28-24-20-16-12-8-4)80-102-106(95,96)100-76-81(88)75-99-105(93,94)101-79-82(103-86(91)73-69-65-61-57-53-49-43-35-31-27-23-19-15-11-7-3)77-97-84(89)71-67-63-59-55-51-47-45-41-38-34-30-26-22-18-14-10-6-2/h10-11,14-15,21-23,25-27,33-35,37-38,40,42-43,53,57,81-83,88H,5-9,12-13,16-20,24,28-32,36,39,41,44-52,54-56,58-80H2,1-4H3,(H,93,94)(H,95,96)/b14-10-,15-11-,25-21-,26-22-,27-23-,37-33-,38-34-,42-40-,43-35-,57-53-. The zero-order valence-corrected chi connectivity index (χ0v) is 68.6. The quantitative estimate of drug-likeness (QED) is 0.0169. The predicted molar refractivity (Wildman–Crippen MR) is 436 cm³/mol. The molecule has 0 bridgehead atoms. The van der Waals surface area contributed by atoms with Gasteiger partial charge in [0.2, 0.25) is 0 Å². The molecular weight excluding hydrogens is 1380 g/mol. The van der Waals surface area contributed by atoms with Crippen LogP contribution in [0.5, 0.6) is 0 Å². The first-order chi connectivity index (χ1) is 51.7. The SMILES string of the molecule is CC/C=C\C/C=C\C/C=C\C/C=C\CCCCC(=O)OC(COC(=O)CCCCCCCCC/C=C\C/C=C\C/C=C\CC)COP(=O)(O)OCC(O)COP(=O)(O)OCC(COC(=O)CCCCCCCC/C=C\C/C=C\C/C=C\CCCCC)OC(=O)CCCCCCCCCCCCCCCCC. The van der Waals surface area contributed by atoms with Crippen LogP contribution in [0.1, 0.15) is 349 Å². The summed E-state index contributed by atoms with van der Waals surface area (Å²) in [6, 6.07) is 0. The van der Waals surface area contributed by atoms with E-state index in [1.165, 1.54) is 83.5 Å². The molecule has 0 fully saturated rings. The summed E-state index contributed by atoms with van der Waals surface area (Å²) in [7, 11) is -9.98. The maximum absolute atomic E-state index is 13.1. The van der Waals surface area contributed by atoms with Crippen LogP contribution < -0.4 is 0 Å². The van der Waals surface area contributed by atoms with Crippen molar-refractivity contribution in [2.75, 3.05) is 39.6 Å². The highest BCUT2D eigenvalue weighted by atomic mass is 31.2. The number of hydrogen-bond donors (Lipinski definition) is 3. The van der Waals surface area contributed by atoms with E-state index in [4.69, 9.17) is 37.0 Å². The van der Waals surface area contributed by atoms with Crippen LogP contribution in [0.15, 0.2) is 122 Å². The topological polar surface area (TPSA) is 237 Å². The molecule has 0 heterocycles. The minimum Gasteiger partial charge on any atom is -0.462 e. The molecular formula is C87H150O17P2. The summed E-state index contributed by atoms with van der Waals surface area (Å²) >= 11 is 0. The summed E-state index contributed by atoms with van der Waals surface area (Å²) in [6.07, 6.45) is 87.4. The van der Waals surface area contributed by atoms with Crippen LogP contribution >= 0.6 is 15.6 Å². The van der Waals surface area contributed by atoms with E-state index >= 15 is 0 Å². The van der Waals surface area contributed by atoms with Crippen molar-refractivity contribution in [3.05, 3.63) is 122 Å². The predicted octanol–water partition coefficient (Wildman–Crippen LogP) is 24.7. The van der Waals surface area contributed by atoms with Gasteiger partial charge in [0, 0.05) is 25.7 Å². The van der Waals surface area contributed by atoms with Crippen LogP contribution in [0.4, 0.5) is 0 Å². The number of hydrogen-bond acceptors (Lipinski definition) is 15. The number of esters is 4. The fourth-order valence-corrected chi connectivity index (χ4v) is 12.7. The van der Waals surface area contributed by atoms with Crippen molar-refractivity contribution in [1.29, 1.82) is 0 Å². The third kappa shape index (κ3) is 77.6. The van der Waals surface area contributed by atoms with E-state index in [2.05, 4.69) is 149 Å². The first-order valence-electron chi connectivity index (χ1n) is 41.8. The lowest BCUT2D eigenvalue weighted by Gasteiger charge is -2.21. The smallest absolute Gasteiger partial charge is 0.462 e. The number of allylic oxidation sites excluding steroid dienone is 20. The van der Waals surface area contributed by atoms with Gasteiger partial charge in [0.15, 0.2) is 12.2 Å². The minimum absolute atomic E-state index is 0.0387. The van der Waals surface area contributed by atoms with Gasteiger partial charge in [0.1, 0.15) is 19.3 Å². The second-order valence-corrected chi connectivity index (χ2v) is 30.6. The molecule has 5 atom stereocenters. The number of aliphatic hydroxyl groups is 1. The molecule has 0 spiro atoms. The zero-order valence-electron chi connectivity index (χ0n) is 66.8. The van der Waals surface area contributed by atoms with Gasteiger partial charge < -0.3 is 33.8 Å². The number of phosphoric acid groups is 2. The Labute approximate surface area is 644 Å². The van der Waals surface area contributed by atoms with Crippen molar-refractivity contribution < 1.29 is 80.2 Å². The second kappa shape index (κ2) is 78.6. The van der Waals surface area contributed by atoms with Crippen LogP contribution in [0, 0.1) is 0 Å². The molecule has 106 heavy (non-hydrogen) atoms. The Morgan fingerprint density at radius 1 is 0.274 bits per heavy atom. The monoisotopic (exact) mass is 1530 g/mol. The van der Waals surface area contributed by atoms with Crippen molar-refractivity contribution in [2.24, 2.45) is 0 Å². The molecule has 0 rings (SSSR count). The van der Waals surface area contributed by atoms with Crippen molar-refractivity contribution in [1.82, 2.24) is 0 Å². The van der Waals surface area contributed by atoms with E-state index in [1.807, 2.05) is 0 Å². The largest absolute Gasteiger partial charge is 0.472 e. The number of unbranched alkanes of at least 4 members (excludes halogenated alkanes) is 32. The van der Waals surface area contributed by atoms with Gasteiger partial charge in [-0.3, -0.25) is 37.3 Å². The first kappa shape index (κ1) is 101. The Kier molecular flexibility index (Phi) is 75.2. The summed E-state index contributed by atoms with van der Waals surface area (Å²) in [5.74, 6) is -2.23. The molecule has 3 N–H and O–H groups in total. The molecule has 5 unspecified atom stereocenters. The lowest BCUT2D eigenvalue weighted by molar-refractivity contribution is -0.161. The number of phosphoric ester groups is 2. The summed E-state index contributed by atoms with van der Waals surface area (Å²) in [5, 5.41) is 10.7. The molecule has 610 valence electrons. The third-order valence-electron chi connectivity index (χ3n) is 17.4. The number of ether oxygens (including phenoxy) is 4. The van der Waals surface area contributed by atoms with Crippen LogP contribution in [0.2, 0.25) is 0 Å². The molecule has 0 aromatic rings. The van der Waals surface area contributed by atoms with Crippen molar-refractivity contribution >= 4 is 39.5 Å². The van der Waals surface area contributed by atoms with E-state index in [0.717, 1.165) is 180 Å². The van der Waals surface area contributed by atoms with E-state index < -0.39 is 97.5 Å². The fourth-order valence-electron chi connectivity index (χ4n) is 11.1. The molecule has 0 aliphatic heterocycles. The van der Waals surface area contributed by atoms with E-state index in [1.54, 1.807) is 0 Å². The molecule has 0 aromatic heterocycles. The molecule has 19 heteroatoms. The number of rotatable bonds is 78. The third-order valence-corrected chi connectivity index (χ3v) is 19.3. The highest BCUT2D eigenvalue weighted by molar-refractivity contribution is 7.47. The van der Waals surface area contributed by atoms with Gasteiger partial charge in [0.25, 0.3) is 0 Å². The Balaban J connectivity index is 5.39. The molecule has 0 aliphatic rings. The summed E-state index contributed by atoms with van der Waals surface area (Å²) < 4.78 is 68.7. The van der Waals surface area contributed by atoms with Crippen LogP contribution in [-0.2, 0) is 65.4 Å². The molecule has 17 nitrogen and oxygen atoms in total. The van der Waals surface area contributed by atoms with Gasteiger partial charge in [-0.05, 0) is 135 Å². The maximum atomic E-state index is 13.1. The molecule has 0 saturated heterocycles. The Hall–Kier alpha value is -4.54. The van der Waals surface area contributed by atoms with Crippen LogP contribution in [0.25, 0.3) is 0 Å². The summed E-state index contributed by atoms with van der Waals surface area (Å²) in [5.41, 5.74) is 0. The maximum Gasteiger partial charge on any atom is 0.472 e. The highest BCUT2D eigenvalue weighted by Crippen LogP contribution is 2.45. The van der Waals surface area contributed by atoms with Crippen LogP contribution in [0.3, 0.4) is 0 Å². The average Bonchev–Trinajstić information content (AvgIpc) is 0.902. The van der Waals surface area contributed by atoms with Crippen molar-refractivity contribution in [2.45, 2.75) is 367 Å². The number of aliphatic hydroxyl groups excluding tert-OH is 1. The fraction of sp³-hybridized carbons (Fsp3) is 0.724. The first-order valence-corrected chi connectivity index (χ1v) is 44.8. The lowest BCUT2D eigenvalue weighted by Crippen LogP contribution is -2.30. The van der Waals surface area contributed by atoms with Gasteiger partial charge >= 0.3 is 39.5 Å². The Morgan fingerprint density at radius 3 is 0.792 bits per heavy atom. The van der Waals surface area contributed by atoms with E-state index in [-0.39, 0.29) is 25.7 Å². The van der Waals surface area contributed by atoms with Gasteiger partial charge in [-0.15, -0.1) is 0 Å². The highest BCUT2D eigenvalue weighted by Gasteiger charge is 2.30. The van der Waals surface area contributed by atoms with E-state index in [9.17, 15) is 43.2 Å². The zero-order chi connectivity index (χ0) is 77.4. The van der Waals surface area contributed by atoms with Crippen molar-refractivity contribution in [3.63, 3.8) is 0 Å². The summed E-state index contributed by atoms with van der Waals surface area (Å²) in [6.45, 7) is 4.60. The normalized spacial score (nSPS) is 14.4. The van der Waals surface area contributed by atoms with Gasteiger partial charge in [-0.1, -0.05) is 310 Å². The van der Waals surface area contributed by atoms with Gasteiger partial charge in [0.05, 0.1) is 26.4 Å². The van der Waals surface area contributed by atoms with Crippen molar-refractivity contribution in [3.8, 4) is 0 Å². The minimum atomic E-state index is -4.99. The van der Waals surface area contributed by atoms with Gasteiger partial charge in [-0.2, -0.15) is 0 Å².